The summed E-state index contributed by atoms with van der Waals surface area (Å²) < 4.78 is 1.89. The minimum Gasteiger partial charge on any atom is -0.325 e. The highest BCUT2D eigenvalue weighted by Crippen LogP contribution is 2.33. The van der Waals surface area contributed by atoms with Gasteiger partial charge in [0.2, 0.25) is 0 Å². The van der Waals surface area contributed by atoms with E-state index in [0.29, 0.717) is 18.9 Å². The average molecular weight is 364 g/mol. The first-order chi connectivity index (χ1) is 13.0. The Morgan fingerprint density at radius 1 is 1.15 bits per heavy atom. The number of carbonyl (C=O) groups is 1. The molecule has 1 aromatic carbocycles. The first-order valence-corrected chi connectivity index (χ1v) is 8.91. The molecule has 1 N–H and O–H groups in total. The number of nitrogens with one attached hydrogen (secondary N) is 1. The highest BCUT2D eigenvalue weighted by Gasteiger charge is 2.36. The van der Waals surface area contributed by atoms with Crippen LogP contribution in [-0.2, 0) is 6.54 Å². The van der Waals surface area contributed by atoms with Crippen LogP contribution in [-0.4, -0.2) is 42.3 Å². The van der Waals surface area contributed by atoms with Crippen molar-refractivity contribution in [3.8, 4) is 11.4 Å². The summed E-state index contributed by atoms with van der Waals surface area (Å²) in [5, 5.41) is 10.8. The summed E-state index contributed by atoms with van der Waals surface area (Å²) in [5.74, 6) is 1.35. The summed E-state index contributed by atoms with van der Waals surface area (Å²) in [4.78, 5) is 30.7. The van der Waals surface area contributed by atoms with E-state index >= 15 is 0 Å². The van der Waals surface area contributed by atoms with Gasteiger partial charge in [-0.1, -0.05) is 44.2 Å². The van der Waals surface area contributed by atoms with Crippen LogP contribution in [0, 0.1) is 5.92 Å². The standard InChI is InChI=1S/C19H20N6O2/c1-12(2)16-18-20-17(13-6-4-3-5-7-13)23-25(18)11-10-24(16)19(27)14-8-9-15(26)22-21-14/h3-9,12,16H,10-11H2,1-2H3,(H,22,26)/t16-/m0/s1. The summed E-state index contributed by atoms with van der Waals surface area (Å²) in [6.45, 7) is 5.18. The summed E-state index contributed by atoms with van der Waals surface area (Å²) in [6, 6.07) is 12.3. The van der Waals surface area contributed by atoms with E-state index in [1.807, 2.05) is 35.0 Å². The van der Waals surface area contributed by atoms with Crippen molar-refractivity contribution >= 4 is 5.91 Å². The number of fused-ring (bicyclic) bond motifs is 1. The molecule has 1 aliphatic rings. The van der Waals surface area contributed by atoms with Crippen LogP contribution in [0.3, 0.4) is 0 Å². The molecular weight excluding hydrogens is 344 g/mol. The molecule has 0 radical (unpaired) electrons. The topological polar surface area (TPSA) is 96.8 Å². The molecule has 0 unspecified atom stereocenters. The Bertz CT molecular complexity index is 1000. The maximum atomic E-state index is 13.0. The number of hydrogen-bond donors (Lipinski definition) is 1. The molecule has 1 atom stereocenters. The molecule has 27 heavy (non-hydrogen) atoms. The van der Waals surface area contributed by atoms with Gasteiger partial charge in [0, 0.05) is 18.2 Å². The second kappa shape index (κ2) is 6.79. The van der Waals surface area contributed by atoms with Gasteiger partial charge in [0.25, 0.3) is 11.5 Å². The number of nitrogens with zero attached hydrogens (tertiary/aromatic N) is 5. The van der Waals surface area contributed by atoms with Gasteiger partial charge >= 0.3 is 0 Å². The normalized spacial score (nSPS) is 16.4. The Morgan fingerprint density at radius 2 is 1.93 bits per heavy atom. The Labute approximate surface area is 155 Å². The van der Waals surface area contributed by atoms with Crippen LogP contribution in [0.25, 0.3) is 11.4 Å². The number of amides is 1. The predicted molar refractivity (Wildman–Crippen MR) is 98.9 cm³/mol. The number of aromatic amines is 1. The Hall–Kier alpha value is -3.29. The molecule has 0 aliphatic carbocycles. The van der Waals surface area contributed by atoms with Gasteiger partial charge in [0.15, 0.2) is 11.6 Å². The SMILES string of the molecule is CC(C)[C@H]1c2nc(-c3ccccc3)nn2CCN1C(=O)c1ccc(=O)[nH]n1. The maximum Gasteiger partial charge on any atom is 0.274 e. The summed E-state index contributed by atoms with van der Waals surface area (Å²) >= 11 is 0. The van der Waals surface area contributed by atoms with Gasteiger partial charge < -0.3 is 4.90 Å². The molecule has 0 bridgehead atoms. The lowest BCUT2D eigenvalue weighted by Crippen LogP contribution is -2.45. The molecule has 3 aromatic rings. The maximum absolute atomic E-state index is 13.0. The van der Waals surface area contributed by atoms with Gasteiger partial charge in [0.1, 0.15) is 5.69 Å². The van der Waals surface area contributed by atoms with E-state index in [4.69, 9.17) is 4.98 Å². The van der Waals surface area contributed by atoms with Crippen LogP contribution in [0.5, 0.6) is 0 Å². The molecule has 2 aromatic heterocycles. The van der Waals surface area contributed by atoms with Gasteiger partial charge in [-0.25, -0.2) is 14.8 Å². The van der Waals surface area contributed by atoms with E-state index in [-0.39, 0.29) is 29.1 Å². The van der Waals surface area contributed by atoms with Crippen LogP contribution in [0.2, 0.25) is 0 Å². The van der Waals surface area contributed by atoms with Crippen LogP contribution in [0.4, 0.5) is 0 Å². The fraction of sp³-hybridized carbons (Fsp3) is 0.316. The zero-order chi connectivity index (χ0) is 19.0. The summed E-state index contributed by atoms with van der Waals surface area (Å²) in [5.41, 5.74) is 0.830. The Morgan fingerprint density at radius 3 is 2.59 bits per heavy atom. The van der Waals surface area contributed by atoms with Crippen LogP contribution < -0.4 is 5.56 Å². The van der Waals surface area contributed by atoms with Crippen molar-refractivity contribution in [1.82, 2.24) is 29.9 Å². The quantitative estimate of drug-likeness (QED) is 0.765. The number of hydrogen-bond acceptors (Lipinski definition) is 5. The van der Waals surface area contributed by atoms with Crippen LogP contribution >= 0.6 is 0 Å². The average Bonchev–Trinajstić information content (AvgIpc) is 3.12. The molecule has 0 saturated carbocycles. The van der Waals surface area contributed by atoms with Gasteiger partial charge in [-0.05, 0) is 12.0 Å². The first kappa shape index (κ1) is 17.1. The molecular formula is C19H20N6O2. The highest BCUT2D eigenvalue weighted by molar-refractivity contribution is 5.92. The van der Waals surface area contributed by atoms with Crippen LogP contribution in [0.15, 0.2) is 47.3 Å². The van der Waals surface area contributed by atoms with Crippen molar-refractivity contribution in [2.75, 3.05) is 6.54 Å². The van der Waals surface area contributed by atoms with Crippen molar-refractivity contribution in [2.45, 2.75) is 26.4 Å². The fourth-order valence-electron chi connectivity index (χ4n) is 3.42. The molecule has 1 amide bonds. The smallest absolute Gasteiger partial charge is 0.274 e. The molecule has 0 fully saturated rings. The van der Waals surface area contributed by atoms with Gasteiger partial charge in [-0.2, -0.15) is 10.2 Å². The number of aromatic nitrogens is 5. The largest absolute Gasteiger partial charge is 0.325 e. The third-order valence-electron chi connectivity index (χ3n) is 4.68. The number of benzene rings is 1. The van der Waals surface area contributed by atoms with Crippen molar-refractivity contribution in [3.63, 3.8) is 0 Å². The van der Waals surface area contributed by atoms with Crippen molar-refractivity contribution in [3.05, 3.63) is 64.3 Å². The van der Waals surface area contributed by atoms with Crippen molar-refractivity contribution in [2.24, 2.45) is 5.92 Å². The van der Waals surface area contributed by atoms with E-state index in [1.54, 1.807) is 4.90 Å². The van der Waals surface area contributed by atoms with E-state index in [9.17, 15) is 9.59 Å². The molecule has 138 valence electrons. The monoisotopic (exact) mass is 364 g/mol. The molecule has 8 heteroatoms. The second-order valence-corrected chi connectivity index (χ2v) is 6.88. The molecule has 8 nitrogen and oxygen atoms in total. The Kier molecular flexibility index (Phi) is 4.31. The number of carbonyl (C=O) groups excluding carboxylic acids is 1. The Balaban J connectivity index is 1.71. The zero-order valence-electron chi connectivity index (χ0n) is 15.2. The first-order valence-electron chi connectivity index (χ1n) is 8.91. The molecule has 1 aliphatic heterocycles. The van der Waals surface area contributed by atoms with E-state index in [1.165, 1.54) is 12.1 Å². The predicted octanol–water partition coefficient (Wildman–Crippen LogP) is 1.88. The summed E-state index contributed by atoms with van der Waals surface area (Å²) in [6.07, 6.45) is 0. The fourth-order valence-corrected chi connectivity index (χ4v) is 3.42. The molecule has 3 heterocycles. The second-order valence-electron chi connectivity index (χ2n) is 6.88. The minimum atomic E-state index is -0.335. The highest BCUT2D eigenvalue weighted by atomic mass is 16.2. The molecule has 4 rings (SSSR count). The third kappa shape index (κ3) is 3.14. The lowest BCUT2D eigenvalue weighted by Gasteiger charge is -2.37. The van der Waals surface area contributed by atoms with Crippen LogP contribution in [0.1, 0.15) is 36.2 Å². The number of H-pyrrole nitrogens is 1. The van der Waals surface area contributed by atoms with Crippen molar-refractivity contribution < 1.29 is 4.79 Å². The third-order valence-corrected chi connectivity index (χ3v) is 4.68. The van der Waals surface area contributed by atoms with Crippen molar-refractivity contribution in [1.29, 1.82) is 0 Å². The van der Waals surface area contributed by atoms with E-state index < -0.39 is 0 Å². The lowest BCUT2D eigenvalue weighted by molar-refractivity contribution is 0.0529. The summed E-state index contributed by atoms with van der Waals surface area (Å²) in [7, 11) is 0. The minimum absolute atomic E-state index is 0.142. The molecule has 0 saturated heterocycles. The van der Waals surface area contributed by atoms with Gasteiger partial charge in [0.05, 0.1) is 12.6 Å². The molecule has 0 spiro atoms. The lowest BCUT2D eigenvalue weighted by atomic mass is 9.99. The van der Waals surface area contributed by atoms with Gasteiger partial charge in [-0.15, -0.1) is 0 Å². The van der Waals surface area contributed by atoms with E-state index in [0.717, 1.165) is 11.4 Å². The number of rotatable bonds is 3. The zero-order valence-corrected chi connectivity index (χ0v) is 15.2. The van der Waals surface area contributed by atoms with Gasteiger partial charge in [-0.3, -0.25) is 9.59 Å². The van der Waals surface area contributed by atoms with E-state index in [2.05, 4.69) is 29.1 Å².